The smallest absolute Gasteiger partial charge is 0.330 e. The summed E-state index contributed by atoms with van der Waals surface area (Å²) >= 11 is 0. The first kappa shape index (κ1) is 20.4. The van der Waals surface area contributed by atoms with Crippen LogP contribution in [0.15, 0.2) is 85.2 Å². The van der Waals surface area contributed by atoms with E-state index in [2.05, 4.69) is 10.3 Å². The van der Waals surface area contributed by atoms with Gasteiger partial charge in [-0.25, -0.2) is 4.79 Å². The van der Waals surface area contributed by atoms with Crippen LogP contribution in [0.2, 0.25) is 0 Å². The van der Waals surface area contributed by atoms with Crippen molar-refractivity contribution < 1.29 is 19.0 Å². The number of amides is 1. The summed E-state index contributed by atoms with van der Waals surface area (Å²) in [5.41, 5.74) is 2.25. The maximum atomic E-state index is 12.7. The second-order valence-corrected chi connectivity index (χ2v) is 7.34. The van der Waals surface area contributed by atoms with Gasteiger partial charge in [-0.05, 0) is 48.5 Å². The van der Waals surface area contributed by atoms with E-state index in [1.165, 1.54) is 0 Å². The van der Waals surface area contributed by atoms with Gasteiger partial charge in [0, 0.05) is 34.9 Å². The van der Waals surface area contributed by atoms with E-state index in [0.29, 0.717) is 23.0 Å². The van der Waals surface area contributed by atoms with Gasteiger partial charge in [-0.2, -0.15) is 0 Å². The fourth-order valence-corrected chi connectivity index (χ4v) is 3.73. The molecule has 0 saturated heterocycles. The Morgan fingerprint density at radius 1 is 0.879 bits per heavy atom. The predicted octanol–water partition coefficient (Wildman–Crippen LogP) is 6.08. The number of benzene rings is 3. The van der Waals surface area contributed by atoms with Gasteiger partial charge < -0.3 is 19.5 Å². The van der Waals surface area contributed by atoms with Crippen molar-refractivity contribution in [2.24, 2.45) is 0 Å². The van der Waals surface area contributed by atoms with Gasteiger partial charge in [-0.1, -0.05) is 18.2 Å². The van der Waals surface area contributed by atoms with Gasteiger partial charge in [0.2, 0.25) is 0 Å². The summed E-state index contributed by atoms with van der Waals surface area (Å²) in [5.74, 6) is 2.48. The van der Waals surface area contributed by atoms with Gasteiger partial charge in [0.25, 0.3) is 0 Å². The third-order valence-corrected chi connectivity index (χ3v) is 5.34. The summed E-state index contributed by atoms with van der Waals surface area (Å²) in [7, 11) is 3.18. The summed E-state index contributed by atoms with van der Waals surface area (Å²) in [6.07, 6.45) is 3.43. The average molecular weight is 439 g/mol. The molecular weight excluding hydrogens is 418 g/mol. The van der Waals surface area contributed by atoms with E-state index in [1.807, 2.05) is 66.7 Å². The van der Waals surface area contributed by atoms with Crippen molar-refractivity contribution in [3.8, 4) is 23.0 Å². The topological polar surface area (TPSA) is 74.6 Å². The number of para-hydroxylation sites is 1. The molecule has 2 heterocycles. The maximum Gasteiger partial charge on any atom is 0.330 e. The molecule has 7 heteroatoms. The van der Waals surface area contributed by atoms with Gasteiger partial charge in [0.1, 0.15) is 11.5 Å². The first-order valence-corrected chi connectivity index (χ1v) is 10.3. The predicted molar refractivity (Wildman–Crippen MR) is 128 cm³/mol. The van der Waals surface area contributed by atoms with Crippen LogP contribution in [0.1, 0.15) is 0 Å². The number of ether oxygens (including phenoxy) is 3. The van der Waals surface area contributed by atoms with Crippen LogP contribution in [0.25, 0.3) is 21.8 Å². The SMILES string of the molecule is COc1cc2nccc(Oc3ccc4c(ccn4C(=O)Nc4ccccc4)c3)c2cc1OC. The van der Waals surface area contributed by atoms with Crippen LogP contribution >= 0.6 is 0 Å². The number of carbonyl (C=O) groups excluding carboxylic acids is 1. The van der Waals surface area contributed by atoms with Crippen LogP contribution in [-0.4, -0.2) is 29.8 Å². The molecule has 0 fully saturated rings. The quantitative estimate of drug-likeness (QED) is 0.359. The number of nitrogens with zero attached hydrogens (tertiary/aromatic N) is 2. The van der Waals surface area contributed by atoms with Crippen molar-refractivity contribution in [2.75, 3.05) is 19.5 Å². The molecule has 0 saturated carbocycles. The average Bonchev–Trinajstić information content (AvgIpc) is 3.27. The molecule has 0 aliphatic carbocycles. The standard InChI is InChI=1S/C26H21N3O4/c1-31-24-15-20-21(16-25(24)32-2)27-12-10-23(20)33-19-8-9-22-17(14-19)11-13-29(22)26(30)28-18-6-4-3-5-7-18/h3-16H,1-2H3,(H,28,30). The summed E-state index contributed by atoms with van der Waals surface area (Å²) in [6.45, 7) is 0. The van der Waals surface area contributed by atoms with E-state index >= 15 is 0 Å². The van der Waals surface area contributed by atoms with Crippen LogP contribution < -0.4 is 19.5 Å². The van der Waals surface area contributed by atoms with Crippen LogP contribution in [0.5, 0.6) is 23.0 Å². The molecule has 164 valence electrons. The molecule has 0 radical (unpaired) electrons. The molecule has 1 N–H and O–H groups in total. The fourth-order valence-electron chi connectivity index (χ4n) is 3.73. The maximum absolute atomic E-state index is 12.7. The van der Waals surface area contributed by atoms with Crippen molar-refractivity contribution in [1.82, 2.24) is 9.55 Å². The van der Waals surface area contributed by atoms with Crippen molar-refractivity contribution in [1.29, 1.82) is 0 Å². The highest BCUT2D eigenvalue weighted by molar-refractivity contribution is 5.98. The Hall–Kier alpha value is -4.52. The Labute approximate surface area is 190 Å². The number of anilines is 1. The molecule has 1 amide bonds. The molecule has 5 rings (SSSR count). The third kappa shape index (κ3) is 3.92. The zero-order valence-corrected chi connectivity index (χ0v) is 18.1. The summed E-state index contributed by atoms with van der Waals surface area (Å²) in [6, 6.07) is 22.1. The van der Waals surface area contributed by atoms with Crippen molar-refractivity contribution >= 4 is 33.5 Å². The van der Waals surface area contributed by atoms with Gasteiger partial charge in [0.05, 0.1) is 25.3 Å². The van der Waals surface area contributed by atoms with Crippen molar-refractivity contribution in [3.63, 3.8) is 0 Å². The third-order valence-electron chi connectivity index (χ3n) is 5.34. The van der Waals surface area contributed by atoms with Crippen molar-refractivity contribution in [2.45, 2.75) is 0 Å². The fraction of sp³-hybridized carbons (Fsp3) is 0.0769. The number of hydrogen-bond acceptors (Lipinski definition) is 5. The molecule has 5 aromatic rings. The lowest BCUT2D eigenvalue weighted by Gasteiger charge is -2.12. The zero-order valence-electron chi connectivity index (χ0n) is 18.1. The van der Waals surface area contributed by atoms with Crippen LogP contribution in [0.3, 0.4) is 0 Å². The first-order valence-electron chi connectivity index (χ1n) is 10.3. The number of fused-ring (bicyclic) bond motifs is 2. The molecule has 33 heavy (non-hydrogen) atoms. The van der Waals surface area contributed by atoms with Crippen molar-refractivity contribution in [3.05, 3.63) is 85.2 Å². The minimum absolute atomic E-state index is 0.231. The van der Waals surface area contributed by atoms with Crippen LogP contribution in [-0.2, 0) is 0 Å². The second-order valence-electron chi connectivity index (χ2n) is 7.34. The normalized spacial score (nSPS) is 10.8. The van der Waals surface area contributed by atoms with Crippen LogP contribution in [0.4, 0.5) is 10.5 Å². The summed E-state index contributed by atoms with van der Waals surface area (Å²) in [5, 5.41) is 4.58. The molecule has 0 aliphatic rings. The largest absolute Gasteiger partial charge is 0.493 e. The highest BCUT2D eigenvalue weighted by Crippen LogP contribution is 2.37. The lowest BCUT2D eigenvalue weighted by atomic mass is 10.1. The molecule has 0 bridgehead atoms. The number of methoxy groups -OCH3 is 2. The van der Waals surface area contributed by atoms with E-state index in [-0.39, 0.29) is 6.03 Å². The van der Waals surface area contributed by atoms with Gasteiger partial charge in [-0.3, -0.25) is 9.55 Å². The number of hydrogen-bond donors (Lipinski definition) is 1. The highest BCUT2D eigenvalue weighted by atomic mass is 16.5. The second kappa shape index (κ2) is 8.55. The summed E-state index contributed by atoms with van der Waals surface area (Å²) < 4.78 is 18.6. The van der Waals surface area contributed by atoms with E-state index in [4.69, 9.17) is 14.2 Å². The van der Waals surface area contributed by atoms with E-state index in [9.17, 15) is 4.79 Å². The molecular formula is C26H21N3O4. The van der Waals surface area contributed by atoms with E-state index in [1.54, 1.807) is 37.2 Å². The molecule has 7 nitrogen and oxygen atoms in total. The summed E-state index contributed by atoms with van der Waals surface area (Å²) in [4.78, 5) is 17.1. The molecule has 0 spiro atoms. The monoisotopic (exact) mass is 439 g/mol. The molecule has 0 aliphatic heterocycles. The minimum atomic E-state index is -0.231. The van der Waals surface area contributed by atoms with Gasteiger partial charge >= 0.3 is 6.03 Å². The van der Waals surface area contributed by atoms with Gasteiger partial charge in [-0.15, -0.1) is 0 Å². The molecule has 3 aromatic carbocycles. The zero-order chi connectivity index (χ0) is 22.8. The van der Waals surface area contributed by atoms with E-state index in [0.717, 1.165) is 27.5 Å². The number of nitrogens with one attached hydrogen (secondary N) is 1. The molecule has 0 unspecified atom stereocenters. The van der Waals surface area contributed by atoms with Gasteiger partial charge in [0.15, 0.2) is 11.5 Å². The number of pyridine rings is 1. The minimum Gasteiger partial charge on any atom is -0.493 e. The Balaban J connectivity index is 1.45. The van der Waals surface area contributed by atoms with Crippen LogP contribution in [0, 0.1) is 0 Å². The lowest BCUT2D eigenvalue weighted by molar-refractivity contribution is 0.254. The Bertz CT molecular complexity index is 1460. The van der Waals surface area contributed by atoms with E-state index < -0.39 is 0 Å². The Morgan fingerprint density at radius 3 is 2.45 bits per heavy atom. The first-order chi connectivity index (χ1) is 16.2. The lowest BCUT2D eigenvalue weighted by Crippen LogP contribution is -2.18. The Morgan fingerprint density at radius 2 is 1.67 bits per heavy atom. The number of carbonyl (C=O) groups is 1. The number of rotatable bonds is 5. The molecule has 0 atom stereocenters. The molecule has 2 aromatic heterocycles. The Kier molecular flexibility index (Phi) is 5.28. The highest BCUT2D eigenvalue weighted by Gasteiger charge is 2.13. The number of aromatic nitrogens is 2.